The number of nitrogens with zero attached hydrogens (tertiary/aromatic N) is 3. The molecule has 0 aliphatic heterocycles. The zero-order valence-corrected chi connectivity index (χ0v) is 14.3. The number of hydrogen-bond acceptors (Lipinski definition) is 2. The Kier molecular flexibility index (Phi) is 4.79. The number of aryl methyl sites for hydroxylation is 2. The first-order chi connectivity index (χ1) is 9.11. The fourth-order valence-corrected chi connectivity index (χ4v) is 4.29. The van der Waals surface area contributed by atoms with Crippen LogP contribution < -0.4 is 0 Å². The summed E-state index contributed by atoms with van der Waals surface area (Å²) < 4.78 is 1.75. The smallest absolute Gasteiger partial charge is 0.0836 e. The molecule has 0 radical (unpaired) electrons. The predicted octanol–water partition coefficient (Wildman–Crippen LogP) is 3.39. The van der Waals surface area contributed by atoms with Gasteiger partial charge in [-0.3, -0.25) is 4.68 Å². The number of halogens is 2. The van der Waals surface area contributed by atoms with Crippen molar-refractivity contribution in [3.8, 4) is 0 Å². The van der Waals surface area contributed by atoms with E-state index in [-0.39, 0.29) is 5.41 Å². The van der Waals surface area contributed by atoms with Crippen molar-refractivity contribution in [2.75, 3.05) is 10.7 Å². The molecule has 0 aliphatic carbocycles. The van der Waals surface area contributed by atoms with Gasteiger partial charge in [0.2, 0.25) is 0 Å². The topological polar surface area (TPSA) is 30.7 Å². The largest absolute Gasteiger partial charge is 0.255 e. The van der Waals surface area contributed by atoms with Crippen LogP contribution in [0.25, 0.3) is 0 Å². The van der Waals surface area contributed by atoms with Gasteiger partial charge >= 0.3 is 0 Å². The highest BCUT2D eigenvalue weighted by atomic mass is 79.9. The molecule has 0 amide bonds. The van der Waals surface area contributed by atoms with Gasteiger partial charge in [0.15, 0.2) is 0 Å². The number of hydrogen-bond donors (Lipinski definition) is 0. The summed E-state index contributed by atoms with van der Waals surface area (Å²) in [5.74, 6) is 0. The van der Waals surface area contributed by atoms with Gasteiger partial charge in [0.25, 0.3) is 0 Å². The van der Waals surface area contributed by atoms with E-state index in [1.54, 1.807) is 4.68 Å². The molecule has 0 bridgehead atoms. The van der Waals surface area contributed by atoms with Gasteiger partial charge in [0, 0.05) is 35.7 Å². The lowest BCUT2D eigenvalue weighted by Crippen LogP contribution is -2.34. The maximum atomic E-state index is 4.22. The Morgan fingerprint density at radius 1 is 1.21 bits per heavy atom. The molecule has 0 N–H and O–H groups in total. The second-order valence-electron chi connectivity index (χ2n) is 4.92. The van der Waals surface area contributed by atoms with Crippen molar-refractivity contribution in [3.05, 3.63) is 47.3 Å². The van der Waals surface area contributed by atoms with Gasteiger partial charge in [-0.15, -0.1) is 5.10 Å². The van der Waals surface area contributed by atoms with E-state index in [1.165, 1.54) is 11.1 Å². The van der Waals surface area contributed by atoms with Crippen LogP contribution in [0.4, 0.5) is 0 Å². The minimum atomic E-state index is 0.00137. The molecule has 1 heterocycles. The van der Waals surface area contributed by atoms with E-state index in [0.29, 0.717) is 0 Å². The normalized spacial score (nSPS) is 11.8. The summed E-state index contributed by atoms with van der Waals surface area (Å²) in [5.41, 5.74) is 3.69. The first kappa shape index (κ1) is 14.7. The molecule has 5 heteroatoms. The molecule has 1 aromatic carbocycles. The Morgan fingerprint density at radius 2 is 1.89 bits per heavy atom. The second-order valence-corrected chi connectivity index (χ2v) is 6.04. The van der Waals surface area contributed by atoms with Crippen LogP contribution in [0.1, 0.15) is 16.8 Å². The lowest BCUT2D eigenvalue weighted by Gasteiger charge is -2.31. The average Bonchev–Trinajstić information content (AvgIpc) is 2.82. The van der Waals surface area contributed by atoms with Gasteiger partial charge in [-0.25, -0.2) is 0 Å². The molecular weight excluding hydrogens is 370 g/mol. The minimum absolute atomic E-state index is 0.00137. The van der Waals surface area contributed by atoms with Gasteiger partial charge in [0.1, 0.15) is 0 Å². The fourth-order valence-electron chi connectivity index (χ4n) is 2.36. The molecule has 0 unspecified atom stereocenters. The summed E-state index contributed by atoms with van der Waals surface area (Å²) in [4.78, 5) is 0. The highest BCUT2D eigenvalue weighted by molar-refractivity contribution is 9.09. The number of rotatable bonds is 5. The van der Waals surface area contributed by atoms with Gasteiger partial charge in [-0.1, -0.05) is 61.3 Å². The zero-order valence-electron chi connectivity index (χ0n) is 11.1. The van der Waals surface area contributed by atoms with Crippen molar-refractivity contribution in [2.24, 2.45) is 7.05 Å². The zero-order chi connectivity index (χ0) is 13.9. The minimum Gasteiger partial charge on any atom is -0.255 e. The third-order valence-corrected chi connectivity index (χ3v) is 5.54. The summed E-state index contributed by atoms with van der Waals surface area (Å²) >= 11 is 7.37. The van der Waals surface area contributed by atoms with Crippen LogP contribution in [-0.4, -0.2) is 25.7 Å². The van der Waals surface area contributed by atoms with Crippen LogP contribution in [0.5, 0.6) is 0 Å². The molecule has 0 fully saturated rings. The summed E-state index contributed by atoms with van der Waals surface area (Å²) in [6.45, 7) is 2.16. The summed E-state index contributed by atoms with van der Waals surface area (Å²) in [5, 5.41) is 10.0. The lowest BCUT2D eigenvalue weighted by atomic mass is 9.78. The van der Waals surface area contributed by atoms with Crippen molar-refractivity contribution < 1.29 is 0 Å². The Balaban J connectivity index is 2.40. The highest BCUT2D eigenvalue weighted by Gasteiger charge is 2.32. The summed E-state index contributed by atoms with van der Waals surface area (Å²) in [6.07, 6.45) is 2.85. The third-order valence-electron chi connectivity index (χ3n) is 3.40. The highest BCUT2D eigenvalue weighted by Crippen LogP contribution is 2.34. The van der Waals surface area contributed by atoms with E-state index in [9.17, 15) is 0 Å². The van der Waals surface area contributed by atoms with Crippen molar-refractivity contribution in [1.82, 2.24) is 15.0 Å². The Bertz CT molecular complexity index is 547. The molecule has 0 saturated heterocycles. The van der Waals surface area contributed by atoms with E-state index >= 15 is 0 Å². The Morgan fingerprint density at radius 3 is 2.42 bits per heavy atom. The Labute approximate surface area is 130 Å². The van der Waals surface area contributed by atoms with E-state index in [4.69, 9.17) is 0 Å². The molecule has 0 atom stereocenters. The molecule has 3 nitrogen and oxygen atoms in total. The van der Waals surface area contributed by atoms with Crippen LogP contribution in [-0.2, 0) is 18.9 Å². The first-order valence-electron chi connectivity index (χ1n) is 6.14. The number of alkyl halides is 2. The van der Waals surface area contributed by atoms with Gasteiger partial charge in [-0.05, 0) is 18.1 Å². The molecule has 0 spiro atoms. The molecule has 0 saturated carbocycles. The molecule has 102 valence electrons. The van der Waals surface area contributed by atoms with Gasteiger partial charge < -0.3 is 0 Å². The maximum absolute atomic E-state index is 4.22. The van der Waals surface area contributed by atoms with Crippen LogP contribution in [0, 0.1) is 6.92 Å². The van der Waals surface area contributed by atoms with Crippen molar-refractivity contribution in [3.63, 3.8) is 0 Å². The monoisotopic (exact) mass is 385 g/mol. The molecule has 2 rings (SSSR count). The number of aromatic nitrogens is 3. The summed E-state index contributed by atoms with van der Waals surface area (Å²) in [7, 11) is 1.90. The van der Waals surface area contributed by atoms with E-state index in [1.807, 2.05) is 13.2 Å². The molecule has 2 aromatic rings. The van der Waals surface area contributed by atoms with Crippen molar-refractivity contribution in [2.45, 2.75) is 18.8 Å². The molecule has 0 aliphatic rings. The van der Waals surface area contributed by atoms with Crippen molar-refractivity contribution in [1.29, 1.82) is 0 Å². The van der Waals surface area contributed by atoms with E-state index < -0.39 is 0 Å². The molecule has 19 heavy (non-hydrogen) atoms. The molecule has 1 aromatic heterocycles. The third kappa shape index (κ3) is 3.08. The average molecular weight is 387 g/mol. The van der Waals surface area contributed by atoms with Crippen LogP contribution in [0.15, 0.2) is 30.5 Å². The summed E-state index contributed by atoms with van der Waals surface area (Å²) in [6, 6.07) is 8.54. The van der Waals surface area contributed by atoms with E-state index in [0.717, 1.165) is 22.8 Å². The second kappa shape index (κ2) is 6.18. The Hall–Kier alpha value is -0.680. The first-order valence-corrected chi connectivity index (χ1v) is 8.39. The fraction of sp³-hybridized carbons (Fsp3) is 0.429. The SMILES string of the molecule is Cc1ccccc1C(CBr)(CBr)Cc1cn(C)nn1. The molecular formula is C14H17Br2N3. The van der Waals surface area contributed by atoms with Crippen molar-refractivity contribution >= 4 is 31.9 Å². The maximum Gasteiger partial charge on any atom is 0.0836 e. The lowest BCUT2D eigenvalue weighted by molar-refractivity contribution is 0.539. The quantitative estimate of drug-likeness (QED) is 0.737. The predicted molar refractivity (Wildman–Crippen MR) is 85.2 cm³/mol. The van der Waals surface area contributed by atoms with Gasteiger partial charge in [0.05, 0.1) is 5.69 Å². The van der Waals surface area contributed by atoms with Crippen LogP contribution in [0.2, 0.25) is 0 Å². The number of benzene rings is 1. The van der Waals surface area contributed by atoms with Gasteiger partial charge in [-0.2, -0.15) is 0 Å². The van der Waals surface area contributed by atoms with Crippen LogP contribution >= 0.6 is 31.9 Å². The van der Waals surface area contributed by atoms with Crippen LogP contribution in [0.3, 0.4) is 0 Å². The van der Waals surface area contributed by atoms with E-state index in [2.05, 4.69) is 73.4 Å². The standard InChI is InChI=1S/C14H17Br2N3/c1-11-5-3-4-6-13(11)14(9-15,10-16)7-12-8-19(2)18-17-12/h3-6,8H,7,9-10H2,1-2H3.